The van der Waals surface area contributed by atoms with Gasteiger partial charge in [0.15, 0.2) is 0 Å². The molecule has 0 aliphatic heterocycles. The van der Waals surface area contributed by atoms with E-state index < -0.39 is 8.32 Å². The molecule has 0 N–H and O–H groups in total. The van der Waals surface area contributed by atoms with Crippen molar-refractivity contribution < 1.29 is 4.43 Å². The zero-order chi connectivity index (χ0) is 25.0. The fraction of sp³-hybridized carbons (Fsp3) is 0.344. The minimum Gasteiger partial charge on any atom is -0.396 e. The molecule has 184 valence electrons. The number of aliphatic imine (C=N–C) groups is 1. The van der Waals surface area contributed by atoms with E-state index >= 15 is 0 Å². The maximum Gasteiger partial charge on any atom is 0.262 e. The quantitative estimate of drug-likeness (QED) is 0.114. The van der Waals surface area contributed by atoms with Crippen LogP contribution in [0.2, 0.25) is 5.04 Å². The van der Waals surface area contributed by atoms with Crippen LogP contribution in [0.1, 0.15) is 58.9 Å². The summed E-state index contributed by atoms with van der Waals surface area (Å²) in [4.78, 5) is 4.83. The van der Waals surface area contributed by atoms with Crippen LogP contribution in [0.3, 0.4) is 0 Å². The highest BCUT2D eigenvalue weighted by molar-refractivity contribution is 6.99. The zero-order valence-electron chi connectivity index (χ0n) is 21.9. The van der Waals surface area contributed by atoms with E-state index in [4.69, 9.17) is 9.42 Å². The second kappa shape index (κ2) is 13.4. The lowest BCUT2D eigenvalue weighted by Gasteiger charge is -2.44. The van der Waals surface area contributed by atoms with Gasteiger partial charge in [-0.25, -0.2) is 0 Å². The van der Waals surface area contributed by atoms with Gasteiger partial charge in [0.2, 0.25) is 0 Å². The van der Waals surface area contributed by atoms with Crippen LogP contribution in [-0.2, 0) is 11.0 Å². The number of benzene rings is 3. The van der Waals surface area contributed by atoms with E-state index in [2.05, 4.69) is 125 Å². The molecule has 3 rings (SSSR count). The molecule has 0 bridgehead atoms. The SMILES string of the molecule is CCCCC/C=C/[C@@H](C=NCc1ccccc1)O[Si](c1ccccc1)(c1ccccc1)C(C)(C)C. The molecule has 0 saturated heterocycles. The number of nitrogens with zero attached hydrogens (tertiary/aromatic N) is 1. The lowest BCUT2D eigenvalue weighted by Crippen LogP contribution is -2.67. The predicted molar refractivity (Wildman–Crippen MR) is 154 cm³/mol. The molecule has 3 aromatic rings. The molecule has 2 nitrogen and oxygen atoms in total. The molecule has 0 aliphatic carbocycles. The highest BCUT2D eigenvalue weighted by atomic mass is 28.4. The molecule has 1 atom stereocenters. The third-order valence-electron chi connectivity index (χ3n) is 6.40. The van der Waals surface area contributed by atoms with Crippen molar-refractivity contribution in [2.45, 2.75) is 71.1 Å². The summed E-state index contributed by atoms with van der Waals surface area (Å²) in [7, 11) is -2.66. The minimum absolute atomic E-state index is 0.0721. The average Bonchev–Trinajstić information content (AvgIpc) is 2.87. The van der Waals surface area contributed by atoms with E-state index in [9.17, 15) is 0 Å². The summed E-state index contributed by atoms with van der Waals surface area (Å²) in [5.41, 5.74) is 1.21. The molecule has 0 unspecified atom stereocenters. The third-order valence-corrected chi connectivity index (χ3v) is 11.4. The summed E-state index contributed by atoms with van der Waals surface area (Å²) >= 11 is 0. The van der Waals surface area contributed by atoms with Gasteiger partial charge in [0.05, 0.1) is 12.6 Å². The lowest BCUT2D eigenvalue weighted by molar-refractivity contribution is 0.296. The van der Waals surface area contributed by atoms with E-state index in [-0.39, 0.29) is 11.1 Å². The number of hydrogen-bond donors (Lipinski definition) is 0. The zero-order valence-corrected chi connectivity index (χ0v) is 22.9. The van der Waals surface area contributed by atoms with Gasteiger partial charge in [0, 0.05) is 6.21 Å². The van der Waals surface area contributed by atoms with Gasteiger partial charge in [-0.3, -0.25) is 4.99 Å². The van der Waals surface area contributed by atoms with Gasteiger partial charge in [0.1, 0.15) is 0 Å². The van der Waals surface area contributed by atoms with Gasteiger partial charge in [-0.2, -0.15) is 0 Å². The van der Waals surface area contributed by atoms with Crippen LogP contribution in [0, 0.1) is 0 Å². The summed E-state index contributed by atoms with van der Waals surface area (Å²) in [6.07, 6.45) is 11.1. The molecule has 0 aliphatic rings. The van der Waals surface area contributed by atoms with E-state index in [1.54, 1.807) is 0 Å². The fourth-order valence-electron chi connectivity index (χ4n) is 4.60. The molecule has 0 amide bonds. The molecule has 0 heterocycles. The highest BCUT2D eigenvalue weighted by Crippen LogP contribution is 2.37. The smallest absolute Gasteiger partial charge is 0.262 e. The molecule has 0 fully saturated rings. The van der Waals surface area contributed by atoms with Crippen LogP contribution in [0.15, 0.2) is 108 Å². The average molecular weight is 484 g/mol. The molecule has 0 saturated carbocycles. The minimum atomic E-state index is -2.66. The first kappa shape index (κ1) is 26.8. The van der Waals surface area contributed by atoms with Crippen LogP contribution < -0.4 is 10.4 Å². The molecule has 35 heavy (non-hydrogen) atoms. The van der Waals surface area contributed by atoms with Gasteiger partial charge < -0.3 is 4.43 Å². The third kappa shape index (κ3) is 7.36. The maximum absolute atomic E-state index is 7.32. The summed E-state index contributed by atoms with van der Waals surface area (Å²) in [6.45, 7) is 9.87. The number of rotatable bonds is 12. The van der Waals surface area contributed by atoms with Crippen LogP contribution in [-0.4, -0.2) is 20.6 Å². The van der Waals surface area contributed by atoms with E-state index in [0.29, 0.717) is 6.54 Å². The summed E-state index contributed by atoms with van der Waals surface area (Å²) < 4.78 is 7.32. The highest BCUT2D eigenvalue weighted by Gasteiger charge is 2.51. The monoisotopic (exact) mass is 483 g/mol. The van der Waals surface area contributed by atoms with Crippen LogP contribution in [0.5, 0.6) is 0 Å². The van der Waals surface area contributed by atoms with Crippen molar-refractivity contribution in [3.05, 3.63) is 109 Å². The molecule has 0 aromatic heterocycles. The topological polar surface area (TPSA) is 21.6 Å². The van der Waals surface area contributed by atoms with Crippen molar-refractivity contribution in [1.82, 2.24) is 0 Å². The standard InChI is InChI=1S/C32H41NOSi/c1-5-6-7-8-14-21-29(27-33-26-28-19-12-9-13-20-28)34-35(32(2,3)4,30-22-15-10-16-23-30)31-24-17-11-18-25-31/h9-25,27,29H,5-8,26H2,1-4H3/b21-14+,33-27?/t29-/m0/s1. The van der Waals surface area contributed by atoms with Crippen molar-refractivity contribution in [2.24, 2.45) is 4.99 Å². The first-order chi connectivity index (χ1) is 17.0. The van der Waals surface area contributed by atoms with Gasteiger partial charge in [-0.1, -0.05) is 144 Å². The van der Waals surface area contributed by atoms with Crippen LogP contribution in [0.25, 0.3) is 0 Å². The molecule has 0 radical (unpaired) electrons. The van der Waals surface area contributed by atoms with Gasteiger partial charge in [0.25, 0.3) is 8.32 Å². The van der Waals surface area contributed by atoms with Crippen molar-refractivity contribution >= 4 is 24.9 Å². The Labute approximate surface area is 213 Å². The Hall–Kier alpha value is -2.75. The Bertz CT molecular complexity index is 1000. The number of unbranched alkanes of at least 4 members (excludes halogenated alkanes) is 3. The van der Waals surface area contributed by atoms with E-state index in [1.165, 1.54) is 35.2 Å². The van der Waals surface area contributed by atoms with E-state index in [0.717, 1.165) is 6.42 Å². The summed E-state index contributed by atoms with van der Waals surface area (Å²) in [5.74, 6) is 0. The molecular weight excluding hydrogens is 442 g/mol. The van der Waals surface area contributed by atoms with Crippen molar-refractivity contribution in [3.8, 4) is 0 Å². The van der Waals surface area contributed by atoms with Crippen molar-refractivity contribution in [1.29, 1.82) is 0 Å². The maximum atomic E-state index is 7.32. The second-order valence-electron chi connectivity index (χ2n) is 10.1. The second-order valence-corrected chi connectivity index (χ2v) is 14.4. The van der Waals surface area contributed by atoms with Crippen LogP contribution >= 0.6 is 0 Å². The normalized spacial score (nSPS) is 13.5. The summed E-state index contributed by atoms with van der Waals surface area (Å²) in [6, 6.07) is 32.1. The summed E-state index contributed by atoms with van der Waals surface area (Å²) in [5, 5.41) is 2.51. The molecule has 3 heteroatoms. The largest absolute Gasteiger partial charge is 0.396 e. The fourth-order valence-corrected chi connectivity index (χ4v) is 9.17. The first-order valence-corrected chi connectivity index (χ1v) is 14.9. The Morgan fingerprint density at radius 1 is 0.800 bits per heavy atom. The Kier molecular flexibility index (Phi) is 10.3. The van der Waals surface area contributed by atoms with Gasteiger partial charge in [-0.05, 0) is 33.8 Å². The van der Waals surface area contributed by atoms with Crippen LogP contribution in [0.4, 0.5) is 0 Å². The Morgan fingerprint density at radius 2 is 1.34 bits per heavy atom. The van der Waals surface area contributed by atoms with E-state index in [1.807, 2.05) is 12.3 Å². The molecule has 3 aromatic carbocycles. The van der Waals surface area contributed by atoms with Crippen molar-refractivity contribution in [2.75, 3.05) is 0 Å². The lowest BCUT2D eigenvalue weighted by atomic mass is 10.2. The molecule has 0 spiro atoms. The number of hydrogen-bond acceptors (Lipinski definition) is 2. The molecular formula is C32H41NOSi. The van der Waals surface area contributed by atoms with Crippen molar-refractivity contribution in [3.63, 3.8) is 0 Å². The first-order valence-electron chi connectivity index (χ1n) is 13.0. The predicted octanol–water partition coefficient (Wildman–Crippen LogP) is 7.34. The Morgan fingerprint density at radius 3 is 1.86 bits per heavy atom. The van der Waals surface area contributed by atoms with Gasteiger partial charge >= 0.3 is 0 Å². The Balaban J connectivity index is 2.00. The van der Waals surface area contributed by atoms with Gasteiger partial charge in [-0.15, -0.1) is 0 Å². The number of allylic oxidation sites excluding steroid dienone is 1.